The number of quaternary nitrogens is 1. The molecule has 0 aliphatic heterocycles. The highest BCUT2D eigenvalue weighted by molar-refractivity contribution is 7.21. The Morgan fingerprint density at radius 1 is 1.31 bits per heavy atom. The van der Waals surface area contributed by atoms with E-state index in [1.165, 1.54) is 0 Å². The highest BCUT2D eigenvalue weighted by Crippen LogP contribution is 2.22. The minimum Gasteiger partial charge on any atom is -0.316 e. The molecule has 1 heterocycles. The second-order valence-electron chi connectivity index (χ2n) is 4.07. The fraction of sp³-hybridized carbons (Fsp3) is 0.250. The van der Waals surface area contributed by atoms with Crippen LogP contribution in [0, 0.1) is 0 Å². The number of hydrogen-bond donors (Lipinski definition) is 1. The Morgan fingerprint density at radius 2 is 2.00 bits per heavy atom. The topological polar surface area (TPSA) is 48.0 Å². The maximum atomic E-state index is 12.2. The molecule has 1 aromatic heterocycles. The van der Waals surface area contributed by atoms with Crippen LogP contribution < -0.4 is 11.2 Å². The molecule has 0 radical (unpaired) electrons. The Hall–Kier alpha value is -1.23. The van der Waals surface area contributed by atoms with Crippen LogP contribution in [0.1, 0.15) is 5.56 Å². The van der Waals surface area contributed by atoms with E-state index in [9.17, 15) is 4.79 Å². The van der Waals surface area contributed by atoms with E-state index in [4.69, 9.17) is 0 Å². The fourth-order valence-electron chi connectivity index (χ4n) is 1.70. The van der Waals surface area contributed by atoms with Crippen molar-refractivity contribution < 1.29 is 5.73 Å². The molecule has 4 heteroatoms. The summed E-state index contributed by atoms with van der Waals surface area (Å²) in [5, 5.41) is 1.68. The van der Waals surface area contributed by atoms with Crippen molar-refractivity contribution in [1.82, 2.24) is 4.90 Å². The molecule has 1 aromatic carbocycles. The van der Waals surface area contributed by atoms with E-state index in [-0.39, 0.29) is 5.43 Å². The highest BCUT2D eigenvalue weighted by atomic mass is 32.1. The van der Waals surface area contributed by atoms with Crippen LogP contribution in [-0.2, 0) is 6.54 Å². The van der Waals surface area contributed by atoms with Crippen molar-refractivity contribution in [3.8, 4) is 0 Å². The van der Waals surface area contributed by atoms with Crippen molar-refractivity contribution in [3.05, 3.63) is 40.1 Å². The second kappa shape index (κ2) is 4.33. The number of hydrogen-bond acceptors (Lipinski definition) is 3. The zero-order valence-corrected chi connectivity index (χ0v) is 10.3. The zero-order chi connectivity index (χ0) is 11.7. The van der Waals surface area contributed by atoms with Crippen LogP contribution in [0.5, 0.6) is 0 Å². The lowest BCUT2D eigenvalue weighted by molar-refractivity contribution is -0.250. The smallest absolute Gasteiger partial charge is 0.198 e. The first-order valence-electron chi connectivity index (χ1n) is 5.11. The maximum absolute atomic E-state index is 12.2. The molecule has 0 fully saturated rings. The summed E-state index contributed by atoms with van der Waals surface area (Å²) >= 11 is 1.59. The zero-order valence-electron chi connectivity index (χ0n) is 9.49. The van der Waals surface area contributed by atoms with Gasteiger partial charge in [0.15, 0.2) is 10.4 Å². The minimum absolute atomic E-state index is 0.119. The molecule has 0 atom stereocenters. The first kappa shape index (κ1) is 11.3. The Labute approximate surface area is 98.1 Å². The molecular formula is C12H15N2OS+. The molecule has 16 heavy (non-hydrogen) atoms. The average molecular weight is 235 g/mol. The second-order valence-corrected chi connectivity index (χ2v) is 5.20. The van der Waals surface area contributed by atoms with Gasteiger partial charge in [0.1, 0.15) is 0 Å². The van der Waals surface area contributed by atoms with Crippen molar-refractivity contribution in [1.29, 1.82) is 0 Å². The van der Waals surface area contributed by atoms with E-state index in [0.717, 1.165) is 20.7 Å². The van der Waals surface area contributed by atoms with E-state index in [2.05, 4.69) is 5.73 Å². The molecule has 2 rings (SSSR count). The summed E-state index contributed by atoms with van der Waals surface area (Å²) in [5.41, 5.74) is 4.91. The largest absolute Gasteiger partial charge is 0.316 e. The highest BCUT2D eigenvalue weighted by Gasteiger charge is 2.13. The van der Waals surface area contributed by atoms with Gasteiger partial charge in [-0.25, -0.2) is 0 Å². The average Bonchev–Trinajstić information content (AvgIpc) is 2.24. The lowest BCUT2D eigenvalue weighted by atomic mass is 10.2. The Bertz CT molecular complexity index is 575. The normalized spacial score (nSPS) is 11.2. The maximum Gasteiger partial charge on any atom is 0.198 e. The van der Waals surface area contributed by atoms with Gasteiger partial charge >= 0.3 is 0 Å². The molecule has 0 bridgehead atoms. The molecule has 0 aliphatic rings. The van der Waals surface area contributed by atoms with Crippen LogP contribution in [-0.4, -0.2) is 19.0 Å². The number of rotatable bonds is 2. The van der Waals surface area contributed by atoms with Gasteiger partial charge in [0.2, 0.25) is 0 Å². The fourth-order valence-corrected chi connectivity index (χ4v) is 2.67. The third-order valence-corrected chi connectivity index (χ3v) is 3.52. The standard InChI is InChI=1S/C12H14N2OS/c1-14(2)7-9-11(15)8-5-3-4-6-10(8)16-12(9)13/h3-6H,7,13H2,1-2H3/p+1. The van der Waals surface area contributed by atoms with Crippen molar-refractivity contribution in [2.75, 3.05) is 14.1 Å². The number of benzene rings is 1. The molecule has 0 amide bonds. The van der Waals surface area contributed by atoms with E-state index in [1.54, 1.807) is 11.3 Å². The molecule has 3 nitrogen and oxygen atoms in total. The minimum atomic E-state index is 0.119. The monoisotopic (exact) mass is 235 g/mol. The van der Waals surface area contributed by atoms with Gasteiger partial charge in [-0.2, -0.15) is 0 Å². The lowest BCUT2D eigenvalue weighted by Gasteiger charge is -2.09. The van der Waals surface area contributed by atoms with Crippen LogP contribution in [0.15, 0.2) is 29.1 Å². The Kier molecular flexibility index (Phi) is 3.05. The summed E-state index contributed by atoms with van der Waals surface area (Å²) in [4.78, 5) is 14.2. The first-order valence-corrected chi connectivity index (χ1v) is 5.92. The summed E-state index contributed by atoms with van der Waals surface area (Å²) in [6, 6.07) is 7.70. The molecule has 0 saturated heterocycles. The summed E-state index contributed by atoms with van der Waals surface area (Å²) < 4.78 is 1.01. The number of fused-ring (bicyclic) bond motifs is 1. The van der Waals surface area contributed by atoms with Crippen molar-refractivity contribution in [3.63, 3.8) is 0 Å². The first-order chi connectivity index (χ1) is 7.59. The third-order valence-electron chi connectivity index (χ3n) is 2.45. The van der Waals surface area contributed by atoms with Gasteiger partial charge < -0.3 is 10.6 Å². The molecule has 0 saturated carbocycles. The molecular weight excluding hydrogens is 220 g/mol. The van der Waals surface area contributed by atoms with Gasteiger partial charge in [-0.1, -0.05) is 23.5 Å². The van der Waals surface area contributed by atoms with Crippen LogP contribution in [0.3, 0.4) is 0 Å². The van der Waals surface area contributed by atoms with Gasteiger partial charge in [-0.05, 0) is 26.2 Å². The summed E-state index contributed by atoms with van der Waals surface area (Å²) in [6.07, 6.45) is 0. The summed E-state index contributed by atoms with van der Waals surface area (Å²) in [6.45, 7) is 0.652. The third kappa shape index (κ3) is 2.00. The van der Waals surface area contributed by atoms with Gasteiger partial charge in [-0.3, -0.25) is 4.79 Å². The SMILES string of the molecule is CN(C)Cc1c([NH3+])sc2ccccc2c1=O. The molecule has 0 aliphatic carbocycles. The van der Waals surface area contributed by atoms with Gasteiger partial charge in [-0.15, -0.1) is 0 Å². The van der Waals surface area contributed by atoms with E-state index in [1.807, 2.05) is 43.3 Å². The van der Waals surface area contributed by atoms with Crippen LogP contribution >= 0.6 is 11.3 Å². The van der Waals surface area contributed by atoms with E-state index < -0.39 is 0 Å². The van der Waals surface area contributed by atoms with Crippen molar-refractivity contribution in [2.45, 2.75) is 6.54 Å². The molecule has 0 spiro atoms. The molecule has 3 N–H and O–H groups in total. The molecule has 84 valence electrons. The molecule has 2 aromatic rings. The summed E-state index contributed by atoms with van der Waals surface area (Å²) in [7, 11) is 3.91. The predicted molar refractivity (Wildman–Crippen MR) is 68.0 cm³/mol. The van der Waals surface area contributed by atoms with E-state index in [0.29, 0.717) is 6.54 Å². The van der Waals surface area contributed by atoms with Gasteiger partial charge in [0.05, 0.1) is 5.56 Å². The Balaban J connectivity index is 2.71. The van der Waals surface area contributed by atoms with Crippen LogP contribution in [0.25, 0.3) is 10.1 Å². The van der Waals surface area contributed by atoms with E-state index >= 15 is 0 Å². The van der Waals surface area contributed by atoms with Gasteiger partial charge in [0, 0.05) is 16.6 Å². The lowest BCUT2D eigenvalue weighted by Crippen LogP contribution is -2.42. The van der Waals surface area contributed by atoms with Crippen LogP contribution in [0.2, 0.25) is 0 Å². The molecule has 0 unspecified atom stereocenters. The Morgan fingerprint density at radius 3 is 2.69 bits per heavy atom. The van der Waals surface area contributed by atoms with Gasteiger partial charge in [0.25, 0.3) is 0 Å². The number of nitrogens with zero attached hydrogens (tertiary/aromatic N) is 1. The van der Waals surface area contributed by atoms with Crippen molar-refractivity contribution >= 4 is 26.4 Å². The van der Waals surface area contributed by atoms with Crippen molar-refractivity contribution in [2.24, 2.45) is 0 Å². The van der Waals surface area contributed by atoms with Crippen LogP contribution in [0.4, 0.5) is 5.00 Å². The summed E-state index contributed by atoms with van der Waals surface area (Å²) in [5.74, 6) is 0. The quantitative estimate of drug-likeness (QED) is 0.850. The predicted octanol–water partition coefficient (Wildman–Crippen LogP) is 1.20.